The van der Waals surface area contributed by atoms with Gasteiger partial charge in [0.25, 0.3) is 0 Å². The van der Waals surface area contributed by atoms with E-state index in [0.717, 1.165) is 19.4 Å². The standard InChI is InChI=1S/C23H34O3SSi/c1-23(2,3)28(4,5)25-17-18-11-13-19(14-12-18)22(20-9-8-16-27-20)26-21-10-6-7-15-24-21/h8-9,11-14,16,21-22H,6-7,10,15,17H2,1-5H3. The van der Waals surface area contributed by atoms with Crippen molar-refractivity contribution in [3.8, 4) is 0 Å². The average molecular weight is 419 g/mol. The monoisotopic (exact) mass is 418 g/mol. The molecule has 1 aromatic carbocycles. The quantitative estimate of drug-likeness (QED) is 0.458. The summed E-state index contributed by atoms with van der Waals surface area (Å²) in [6.07, 6.45) is 3.10. The smallest absolute Gasteiger partial charge is 0.192 e. The number of benzene rings is 1. The van der Waals surface area contributed by atoms with Gasteiger partial charge in [-0.25, -0.2) is 0 Å². The lowest BCUT2D eigenvalue weighted by Gasteiger charge is -2.36. The van der Waals surface area contributed by atoms with E-state index in [2.05, 4.69) is 75.6 Å². The zero-order valence-electron chi connectivity index (χ0n) is 17.9. The summed E-state index contributed by atoms with van der Waals surface area (Å²) in [5, 5.41) is 2.33. The lowest BCUT2D eigenvalue weighted by atomic mass is 10.1. The molecule has 0 saturated carbocycles. The highest BCUT2D eigenvalue weighted by Gasteiger charge is 2.37. The maximum atomic E-state index is 6.38. The molecule has 0 aliphatic carbocycles. The normalized spacial score (nSPS) is 19.5. The second-order valence-corrected chi connectivity index (χ2v) is 14.9. The highest BCUT2D eigenvalue weighted by Crippen LogP contribution is 2.37. The van der Waals surface area contributed by atoms with Gasteiger partial charge in [0.15, 0.2) is 14.6 Å². The first kappa shape index (κ1) is 21.7. The molecule has 3 nitrogen and oxygen atoms in total. The summed E-state index contributed by atoms with van der Waals surface area (Å²) in [5.41, 5.74) is 2.39. The predicted octanol–water partition coefficient (Wildman–Crippen LogP) is 6.90. The Bertz CT molecular complexity index is 713. The van der Waals surface area contributed by atoms with Crippen molar-refractivity contribution in [3.05, 3.63) is 57.8 Å². The highest BCUT2D eigenvalue weighted by molar-refractivity contribution is 7.10. The van der Waals surface area contributed by atoms with E-state index in [1.165, 1.54) is 22.4 Å². The molecule has 1 aliphatic rings. The highest BCUT2D eigenvalue weighted by atomic mass is 32.1. The molecule has 3 rings (SSSR count). The van der Waals surface area contributed by atoms with Gasteiger partial charge in [0.1, 0.15) is 6.10 Å². The van der Waals surface area contributed by atoms with Crippen molar-refractivity contribution in [3.63, 3.8) is 0 Å². The van der Waals surface area contributed by atoms with Gasteiger partial charge in [0.2, 0.25) is 0 Å². The van der Waals surface area contributed by atoms with E-state index in [1.807, 2.05) is 0 Å². The number of hydrogen-bond acceptors (Lipinski definition) is 4. The van der Waals surface area contributed by atoms with Crippen LogP contribution in [0.2, 0.25) is 18.1 Å². The summed E-state index contributed by atoms with van der Waals surface area (Å²) in [7, 11) is -1.74. The van der Waals surface area contributed by atoms with E-state index in [9.17, 15) is 0 Å². The van der Waals surface area contributed by atoms with Crippen molar-refractivity contribution in [2.75, 3.05) is 6.61 Å². The van der Waals surface area contributed by atoms with E-state index >= 15 is 0 Å². The van der Waals surface area contributed by atoms with Crippen LogP contribution in [0, 0.1) is 0 Å². The minimum absolute atomic E-state index is 0.0709. The second-order valence-electron chi connectivity index (χ2n) is 9.12. The predicted molar refractivity (Wildman–Crippen MR) is 119 cm³/mol. The molecule has 1 saturated heterocycles. The zero-order chi connectivity index (χ0) is 20.2. The van der Waals surface area contributed by atoms with Crippen LogP contribution in [0.3, 0.4) is 0 Å². The molecule has 0 spiro atoms. The first-order chi connectivity index (χ1) is 13.3. The number of thiophene rings is 1. The Labute approximate surface area is 175 Å². The molecule has 28 heavy (non-hydrogen) atoms. The van der Waals surface area contributed by atoms with Crippen LogP contribution in [0.1, 0.15) is 62.1 Å². The van der Waals surface area contributed by atoms with Gasteiger partial charge in [-0.2, -0.15) is 0 Å². The van der Waals surface area contributed by atoms with Crippen LogP contribution in [-0.2, 0) is 20.5 Å². The fraction of sp³-hybridized carbons (Fsp3) is 0.565. The topological polar surface area (TPSA) is 27.7 Å². The van der Waals surface area contributed by atoms with E-state index in [0.29, 0.717) is 6.61 Å². The Morgan fingerprint density at radius 2 is 1.89 bits per heavy atom. The molecular formula is C23H34O3SSi. The molecule has 1 fully saturated rings. The van der Waals surface area contributed by atoms with Gasteiger partial charge in [-0.05, 0) is 60.0 Å². The Morgan fingerprint density at radius 3 is 2.46 bits per heavy atom. The van der Waals surface area contributed by atoms with Crippen LogP contribution in [0.25, 0.3) is 0 Å². The first-order valence-corrected chi connectivity index (χ1v) is 14.1. The van der Waals surface area contributed by atoms with Gasteiger partial charge < -0.3 is 13.9 Å². The zero-order valence-corrected chi connectivity index (χ0v) is 19.7. The van der Waals surface area contributed by atoms with Crippen LogP contribution in [-0.4, -0.2) is 21.2 Å². The third-order valence-corrected chi connectivity index (χ3v) is 11.3. The van der Waals surface area contributed by atoms with Gasteiger partial charge >= 0.3 is 0 Å². The third-order valence-electron chi connectivity index (χ3n) is 5.92. The fourth-order valence-corrected chi connectivity index (χ4v) is 4.74. The molecule has 5 heteroatoms. The summed E-state index contributed by atoms with van der Waals surface area (Å²) in [6.45, 7) is 12.9. The van der Waals surface area contributed by atoms with E-state index in [4.69, 9.17) is 13.9 Å². The fourth-order valence-electron chi connectivity index (χ4n) is 2.99. The van der Waals surface area contributed by atoms with E-state index in [1.54, 1.807) is 11.3 Å². The average Bonchev–Trinajstić information content (AvgIpc) is 3.19. The molecular weight excluding hydrogens is 384 g/mol. The van der Waals surface area contributed by atoms with Crippen LogP contribution >= 0.6 is 11.3 Å². The van der Waals surface area contributed by atoms with Crippen LogP contribution < -0.4 is 0 Å². The van der Waals surface area contributed by atoms with Crippen molar-refractivity contribution in [1.29, 1.82) is 0 Å². The van der Waals surface area contributed by atoms with Crippen molar-refractivity contribution >= 4 is 19.7 Å². The van der Waals surface area contributed by atoms with Gasteiger partial charge in [0.05, 0.1) is 6.61 Å². The minimum Gasteiger partial charge on any atom is -0.413 e. The number of hydrogen-bond donors (Lipinski definition) is 0. The second kappa shape index (κ2) is 9.22. The van der Waals surface area contributed by atoms with Crippen molar-refractivity contribution < 1.29 is 13.9 Å². The maximum absolute atomic E-state index is 6.38. The molecule has 1 aliphatic heterocycles. The number of ether oxygens (including phenoxy) is 2. The first-order valence-electron chi connectivity index (χ1n) is 10.3. The molecule has 154 valence electrons. The summed E-state index contributed by atoms with van der Waals surface area (Å²) in [5.74, 6) is 0. The molecule has 0 amide bonds. The Kier molecular flexibility index (Phi) is 7.15. The van der Waals surface area contributed by atoms with Gasteiger partial charge in [0, 0.05) is 11.5 Å². The molecule has 0 radical (unpaired) electrons. The molecule has 0 bridgehead atoms. The lowest BCUT2D eigenvalue weighted by Crippen LogP contribution is -2.40. The Morgan fingerprint density at radius 1 is 1.14 bits per heavy atom. The Hall–Kier alpha value is -0.983. The SMILES string of the molecule is CC(C)(C)[Si](C)(C)OCc1ccc(C(OC2CCCCO2)c2cccs2)cc1. The van der Waals surface area contributed by atoms with Crippen molar-refractivity contribution in [2.24, 2.45) is 0 Å². The van der Waals surface area contributed by atoms with Crippen LogP contribution in [0.15, 0.2) is 41.8 Å². The molecule has 2 aromatic rings. The maximum Gasteiger partial charge on any atom is 0.192 e. The van der Waals surface area contributed by atoms with E-state index in [-0.39, 0.29) is 17.4 Å². The molecule has 1 aromatic heterocycles. The summed E-state index contributed by atoms with van der Waals surface area (Å²) in [6, 6.07) is 12.9. The molecule has 2 unspecified atom stereocenters. The van der Waals surface area contributed by atoms with Gasteiger partial charge in [-0.15, -0.1) is 11.3 Å². The van der Waals surface area contributed by atoms with E-state index < -0.39 is 8.32 Å². The third kappa shape index (κ3) is 5.54. The number of rotatable bonds is 7. The van der Waals surface area contributed by atoms with Crippen molar-refractivity contribution in [1.82, 2.24) is 0 Å². The summed E-state index contributed by atoms with van der Waals surface area (Å²) < 4.78 is 18.6. The van der Waals surface area contributed by atoms with Crippen molar-refractivity contribution in [2.45, 2.75) is 77.2 Å². The molecule has 2 atom stereocenters. The van der Waals surface area contributed by atoms with Crippen LogP contribution in [0.5, 0.6) is 0 Å². The molecule has 2 heterocycles. The van der Waals surface area contributed by atoms with Gasteiger partial charge in [-0.3, -0.25) is 0 Å². The largest absolute Gasteiger partial charge is 0.413 e. The van der Waals surface area contributed by atoms with Crippen LogP contribution in [0.4, 0.5) is 0 Å². The minimum atomic E-state index is -1.74. The van der Waals surface area contributed by atoms with Gasteiger partial charge in [-0.1, -0.05) is 51.1 Å². The lowest BCUT2D eigenvalue weighted by molar-refractivity contribution is -0.180. The Balaban J connectivity index is 1.69. The molecule has 0 N–H and O–H groups in total. The summed E-state index contributed by atoms with van der Waals surface area (Å²) in [4.78, 5) is 1.22. The summed E-state index contributed by atoms with van der Waals surface area (Å²) >= 11 is 1.74.